The second kappa shape index (κ2) is 8.73. The van der Waals surface area contributed by atoms with E-state index >= 15 is 0 Å². The van der Waals surface area contributed by atoms with Gasteiger partial charge in [0.05, 0.1) is 11.8 Å². The lowest BCUT2D eigenvalue weighted by Crippen LogP contribution is -2.38. The summed E-state index contributed by atoms with van der Waals surface area (Å²) in [6, 6.07) is 13.0. The maximum atomic E-state index is 12.0. The molecule has 1 saturated heterocycles. The second-order valence-corrected chi connectivity index (χ2v) is 8.19. The van der Waals surface area contributed by atoms with E-state index < -0.39 is 11.2 Å². The fourth-order valence-electron chi connectivity index (χ4n) is 3.77. The molecule has 30 heavy (non-hydrogen) atoms. The van der Waals surface area contributed by atoms with E-state index in [2.05, 4.69) is 15.0 Å². The zero-order valence-electron chi connectivity index (χ0n) is 16.0. The quantitative estimate of drug-likeness (QED) is 0.642. The Hall–Kier alpha value is -2.45. The molecule has 1 aliphatic heterocycles. The van der Waals surface area contributed by atoms with Crippen LogP contribution in [0, 0.1) is 0 Å². The third-order valence-corrected chi connectivity index (χ3v) is 5.91. The topological polar surface area (TPSA) is 91.2 Å². The normalized spacial score (nSPS) is 19.7. The van der Waals surface area contributed by atoms with Crippen LogP contribution in [0.1, 0.15) is 30.0 Å². The highest BCUT2D eigenvalue weighted by molar-refractivity contribution is 6.31. The van der Waals surface area contributed by atoms with Crippen molar-refractivity contribution in [3.63, 3.8) is 0 Å². The van der Waals surface area contributed by atoms with Crippen LogP contribution in [0.5, 0.6) is 0 Å². The third kappa shape index (κ3) is 4.49. The average molecular weight is 447 g/mol. The van der Waals surface area contributed by atoms with Crippen molar-refractivity contribution < 1.29 is 5.11 Å². The number of hydrogen-bond donors (Lipinski definition) is 2. The van der Waals surface area contributed by atoms with E-state index in [4.69, 9.17) is 23.2 Å². The summed E-state index contributed by atoms with van der Waals surface area (Å²) in [5, 5.41) is 15.2. The minimum Gasteiger partial charge on any atom is -0.393 e. The van der Waals surface area contributed by atoms with Gasteiger partial charge in [0.25, 0.3) is 5.56 Å². The van der Waals surface area contributed by atoms with Gasteiger partial charge in [0.15, 0.2) is 0 Å². The van der Waals surface area contributed by atoms with E-state index in [-0.39, 0.29) is 12.1 Å². The fourth-order valence-corrected chi connectivity index (χ4v) is 4.13. The number of H-pyrrole nitrogens is 1. The van der Waals surface area contributed by atoms with Gasteiger partial charge in [-0.05, 0) is 48.2 Å². The summed E-state index contributed by atoms with van der Waals surface area (Å²) in [4.78, 5) is 27.6. The standard InChI is InChI=1S/C21H20Cl2N4O3/c22-15-4-1-13(2-5-15)19-10-17(28)7-8-26(19)12-14-3-6-16(9-18(14)23)27-21(30)25-20(29)11-24-27/h1-6,9,11,17,19,28H,7-8,10,12H2,(H,25,29,30). The lowest BCUT2D eigenvalue weighted by Gasteiger charge is -2.38. The molecule has 2 aromatic carbocycles. The number of nitrogens with one attached hydrogen (secondary N) is 1. The highest BCUT2D eigenvalue weighted by atomic mass is 35.5. The van der Waals surface area contributed by atoms with E-state index in [0.717, 1.165) is 28.6 Å². The molecule has 3 aromatic rings. The number of aliphatic hydroxyl groups excluding tert-OH is 1. The number of aromatic nitrogens is 3. The molecule has 0 aliphatic carbocycles. The van der Waals surface area contributed by atoms with Gasteiger partial charge in [-0.1, -0.05) is 41.4 Å². The molecule has 1 aromatic heterocycles. The van der Waals surface area contributed by atoms with E-state index in [9.17, 15) is 14.7 Å². The smallest absolute Gasteiger partial charge is 0.349 e. The molecular weight excluding hydrogens is 427 g/mol. The van der Waals surface area contributed by atoms with Crippen LogP contribution in [-0.2, 0) is 6.54 Å². The number of likely N-dealkylation sites (tertiary alicyclic amines) is 1. The molecule has 0 saturated carbocycles. The van der Waals surface area contributed by atoms with Crippen LogP contribution in [0.4, 0.5) is 0 Å². The van der Waals surface area contributed by atoms with E-state index in [1.165, 1.54) is 0 Å². The Kier molecular flexibility index (Phi) is 6.06. The second-order valence-electron chi connectivity index (χ2n) is 7.34. The molecule has 4 rings (SSSR count). The number of hydrogen-bond acceptors (Lipinski definition) is 5. The van der Waals surface area contributed by atoms with Crippen LogP contribution in [0.25, 0.3) is 5.69 Å². The Morgan fingerprint density at radius 2 is 1.90 bits per heavy atom. The van der Waals surface area contributed by atoms with Crippen molar-refractivity contribution >= 4 is 23.2 Å². The van der Waals surface area contributed by atoms with Crippen molar-refractivity contribution in [1.29, 1.82) is 0 Å². The summed E-state index contributed by atoms with van der Waals surface area (Å²) in [5.74, 6) is 0. The Morgan fingerprint density at radius 3 is 2.60 bits per heavy atom. The van der Waals surface area contributed by atoms with Crippen molar-refractivity contribution in [3.8, 4) is 5.69 Å². The molecule has 2 atom stereocenters. The van der Waals surface area contributed by atoms with Gasteiger partial charge in [0, 0.05) is 29.2 Å². The maximum absolute atomic E-state index is 12.0. The number of benzene rings is 2. The molecule has 1 fully saturated rings. The zero-order valence-corrected chi connectivity index (χ0v) is 17.5. The van der Waals surface area contributed by atoms with Crippen LogP contribution >= 0.6 is 23.2 Å². The Bertz CT molecular complexity index is 1160. The van der Waals surface area contributed by atoms with Gasteiger partial charge >= 0.3 is 5.69 Å². The number of halogens is 2. The van der Waals surface area contributed by atoms with Crippen LogP contribution < -0.4 is 11.2 Å². The summed E-state index contributed by atoms with van der Waals surface area (Å²) in [7, 11) is 0. The molecule has 156 valence electrons. The summed E-state index contributed by atoms with van der Waals surface area (Å²) in [5.41, 5.74) is 1.27. The van der Waals surface area contributed by atoms with Crippen LogP contribution in [-0.4, -0.2) is 37.4 Å². The first-order chi connectivity index (χ1) is 14.4. The number of aliphatic hydroxyl groups is 1. The van der Waals surface area contributed by atoms with E-state index in [0.29, 0.717) is 35.1 Å². The molecule has 0 amide bonds. The van der Waals surface area contributed by atoms with E-state index in [1.54, 1.807) is 12.1 Å². The van der Waals surface area contributed by atoms with Crippen LogP contribution in [0.3, 0.4) is 0 Å². The number of aromatic amines is 1. The Balaban J connectivity index is 1.60. The van der Waals surface area contributed by atoms with Gasteiger partial charge in [0.1, 0.15) is 6.20 Å². The van der Waals surface area contributed by atoms with Gasteiger partial charge in [-0.3, -0.25) is 14.7 Å². The number of rotatable bonds is 4. The van der Waals surface area contributed by atoms with Gasteiger partial charge in [-0.2, -0.15) is 9.78 Å². The number of piperidine rings is 1. The molecule has 2 N–H and O–H groups in total. The first-order valence-corrected chi connectivity index (χ1v) is 10.3. The largest absolute Gasteiger partial charge is 0.393 e. The maximum Gasteiger partial charge on any atom is 0.349 e. The average Bonchev–Trinajstić information content (AvgIpc) is 2.71. The minimum atomic E-state index is -0.626. The first-order valence-electron chi connectivity index (χ1n) is 9.56. The monoisotopic (exact) mass is 446 g/mol. The lowest BCUT2D eigenvalue weighted by atomic mass is 9.93. The SMILES string of the molecule is O=c1cnn(-c2ccc(CN3CCC(O)CC3c3ccc(Cl)cc3)c(Cl)c2)c(=O)[nH]1. The molecule has 2 heterocycles. The highest BCUT2D eigenvalue weighted by Gasteiger charge is 2.29. The van der Waals surface area contributed by atoms with Gasteiger partial charge in [0.2, 0.25) is 0 Å². The molecule has 0 spiro atoms. The van der Waals surface area contributed by atoms with Gasteiger partial charge < -0.3 is 5.11 Å². The molecule has 7 nitrogen and oxygen atoms in total. The Labute approximate surface area is 182 Å². The molecule has 0 radical (unpaired) electrons. The highest BCUT2D eigenvalue weighted by Crippen LogP contribution is 2.34. The van der Waals surface area contributed by atoms with Crippen molar-refractivity contribution in [2.75, 3.05) is 6.54 Å². The van der Waals surface area contributed by atoms with Gasteiger partial charge in [-0.15, -0.1) is 0 Å². The van der Waals surface area contributed by atoms with Crippen molar-refractivity contribution in [3.05, 3.63) is 90.7 Å². The van der Waals surface area contributed by atoms with Crippen molar-refractivity contribution in [2.45, 2.75) is 31.5 Å². The Morgan fingerprint density at radius 1 is 1.13 bits per heavy atom. The molecular formula is C21H20Cl2N4O3. The molecule has 2 unspecified atom stereocenters. The molecule has 9 heteroatoms. The summed E-state index contributed by atoms with van der Waals surface area (Å²) in [6.45, 7) is 1.32. The van der Waals surface area contributed by atoms with E-state index in [1.807, 2.05) is 30.3 Å². The summed E-state index contributed by atoms with van der Waals surface area (Å²) < 4.78 is 1.09. The van der Waals surface area contributed by atoms with Crippen molar-refractivity contribution in [2.24, 2.45) is 0 Å². The van der Waals surface area contributed by atoms with Crippen LogP contribution in [0.2, 0.25) is 10.0 Å². The zero-order chi connectivity index (χ0) is 21.3. The summed E-state index contributed by atoms with van der Waals surface area (Å²) >= 11 is 12.5. The lowest BCUT2D eigenvalue weighted by molar-refractivity contribution is 0.0364. The molecule has 0 bridgehead atoms. The first kappa shape index (κ1) is 20.8. The minimum absolute atomic E-state index is 0.0465. The van der Waals surface area contributed by atoms with Crippen molar-refractivity contribution in [1.82, 2.24) is 19.7 Å². The summed E-state index contributed by atoms with van der Waals surface area (Å²) in [6.07, 6.45) is 2.02. The van der Waals surface area contributed by atoms with Gasteiger partial charge in [-0.25, -0.2) is 4.79 Å². The fraction of sp³-hybridized carbons (Fsp3) is 0.286. The molecule has 1 aliphatic rings. The predicted molar refractivity (Wildman–Crippen MR) is 115 cm³/mol. The predicted octanol–water partition coefficient (Wildman–Crippen LogP) is 2.93. The van der Waals surface area contributed by atoms with Crippen LogP contribution in [0.15, 0.2) is 58.3 Å². The number of nitrogens with zero attached hydrogens (tertiary/aromatic N) is 3. The third-order valence-electron chi connectivity index (χ3n) is 5.31.